The molecule has 2 N–H and O–H groups in total. The monoisotopic (exact) mass is 279 g/mol. The van der Waals surface area contributed by atoms with Crippen LogP contribution in [0.3, 0.4) is 0 Å². The zero-order valence-corrected chi connectivity index (χ0v) is 11.6. The quantitative estimate of drug-likeness (QED) is 0.852. The highest BCUT2D eigenvalue weighted by Gasteiger charge is 2.10. The Bertz CT molecular complexity index is 613. The Hall–Kier alpha value is -1.74. The van der Waals surface area contributed by atoms with Crippen molar-refractivity contribution in [3.8, 4) is 5.75 Å². The lowest BCUT2D eigenvalue weighted by molar-refractivity contribution is 0.296. The molecular weight excluding hydrogens is 265 g/mol. The molecule has 0 aromatic heterocycles. The number of nitrogens with two attached hydrogens (primary N) is 1. The van der Waals surface area contributed by atoms with Gasteiger partial charge in [0, 0.05) is 16.8 Å². The third-order valence-corrected chi connectivity index (χ3v) is 3.34. The van der Waals surface area contributed by atoms with Gasteiger partial charge in [-0.15, -0.1) is 0 Å². The number of aryl methyl sites for hydroxylation is 1. The van der Waals surface area contributed by atoms with E-state index in [1.807, 2.05) is 26.0 Å². The molecule has 0 unspecified atom stereocenters. The van der Waals surface area contributed by atoms with Crippen LogP contribution in [-0.2, 0) is 6.61 Å². The lowest BCUT2D eigenvalue weighted by Gasteiger charge is -2.14. The lowest BCUT2D eigenvalue weighted by atomic mass is 10.1. The maximum Gasteiger partial charge on any atom is 0.148 e. The Kier molecular flexibility index (Phi) is 3.96. The molecule has 2 aromatic rings. The number of anilines is 1. The predicted octanol–water partition coefficient (Wildman–Crippen LogP) is 4.26. The van der Waals surface area contributed by atoms with Gasteiger partial charge in [-0.2, -0.15) is 0 Å². The SMILES string of the molecule is Cc1ccc(N)c(C)c1OCc1cccc(Cl)c1F. The molecule has 0 saturated carbocycles. The van der Waals surface area contributed by atoms with E-state index in [-0.39, 0.29) is 11.6 Å². The lowest BCUT2D eigenvalue weighted by Crippen LogP contribution is -2.03. The van der Waals surface area contributed by atoms with Crippen LogP contribution in [0.4, 0.5) is 10.1 Å². The Morgan fingerprint density at radius 3 is 2.68 bits per heavy atom. The molecule has 0 aliphatic heterocycles. The summed E-state index contributed by atoms with van der Waals surface area (Å²) < 4.78 is 19.4. The molecule has 0 aliphatic rings. The molecule has 0 saturated heterocycles. The highest BCUT2D eigenvalue weighted by atomic mass is 35.5. The van der Waals surface area contributed by atoms with Gasteiger partial charge in [-0.25, -0.2) is 4.39 Å². The van der Waals surface area contributed by atoms with Crippen molar-refractivity contribution in [1.29, 1.82) is 0 Å². The van der Waals surface area contributed by atoms with Crippen LogP contribution in [0.5, 0.6) is 5.75 Å². The van der Waals surface area contributed by atoms with Crippen molar-refractivity contribution in [3.05, 3.63) is 57.9 Å². The molecule has 2 rings (SSSR count). The van der Waals surface area contributed by atoms with Crippen molar-refractivity contribution >= 4 is 17.3 Å². The van der Waals surface area contributed by atoms with E-state index >= 15 is 0 Å². The smallest absolute Gasteiger partial charge is 0.148 e. The molecule has 19 heavy (non-hydrogen) atoms. The van der Waals surface area contributed by atoms with Crippen LogP contribution in [0.2, 0.25) is 5.02 Å². The van der Waals surface area contributed by atoms with Gasteiger partial charge in [0.1, 0.15) is 18.2 Å². The van der Waals surface area contributed by atoms with Crippen molar-refractivity contribution in [2.45, 2.75) is 20.5 Å². The Labute approximate surface area is 117 Å². The average Bonchev–Trinajstić information content (AvgIpc) is 2.39. The number of nitrogen functional groups attached to an aromatic ring is 1. The van der Waals surface area contributed by atoms with Gasteiger partial charge in [0.25, 0.3) is 0 Å². The van der Waals surface area contributed by atoms with Gasteiger partial charge < -0.3 is 10.5 Å². The molecule has 4 heteroatoms. The zero-order valence-electron chi connectivity index (χ0n) is 10.8. The van der Waals surface area contributed by atoms with Crippen molar-refractivity contribution < 1.29 is 9.13 Å². The van der Waals surface area contributed by atoms with Gasteiger partial charge >= 0.3 is 0 Å². The molecule has 0 bridgehead atoms. The Morgan fingerprint density at radius 2 is 1.95 bits per heavy atom. The highest BCUT2D eigenvalue weighted by molar-refractivity contribution is 6.30. The van der Waals surface area contributed by atoms with Crippen molar-refractivity contribution in [2.75, 3.05) is 5.73 Å². The van der Waals surface area contributed by atoms with Crippen molar-refractivity contribution in [1.82, 2.24) is 0 Å². The fraction of sp³-hybridized carbons (Fsp3) is 0.200. The van der Waals surface area contributed by atoms with E-state index in [9.17, 15) is 4.39 Å². The van der Waals surface area contributed by atoms with E-state index in [1.54, 1.807) is 12.1 Å². The standard InChI is InChI=1S/C15H15ClFNO/c1-9-6-7-13(18)10(2)15(9)19-8-11-4-3-5-12(16)14(11)17/h3-7H,8,18H2,1-2H3. The number of halogens is 2. The number of ether oxygens (including phenoxy) is 1. The van der Waals surface area contributed by atoms with E-state index in [0.717, 1.165) is 11.1 Å². The fourth-order valence-corrected chi connectivity index (χ4v) is 2.07. The van der Waals surface area contributed by atoms with E-state index in [0.29, 0.717) is 17.0 Å². The van der Waals surface area contributed by atoms with E-state index < -0.39 is 5.82 Å². The maximum absolute atomic E-state index is 13.7. The van der Waals surface area contributed by atoms with Gasteiger partial charge in [-0.05, 0) is 31.5 Å². The summed E-state index contributed by atoms with van der Waals surface area (Å²) in [6.45, 7) is 3.93. The summed E-state index contributed by atoms with van der Waals surface area (Å²) in [5, 5.41) is 0.0992. The molecule has 2 nitrogen and oxygen atoms in total. The summed E-state index contributed by atoms with van der Waals surface area (Å²) >= 11 is 5.73. The molecule has 0 amide bonds. The number of hydrogen-bond acceptors (Lipinski definition) is 2. The average molecular weight is 280 g/mol. The summed E-state index contributed by atoms with van der Waals surface area (Å²) in [5.74, 6) is 0.253. The normalized spacial score (nSPS) is 10.5. The second-order valence-electron chi connectivity index (χ2n) is 4.43. The van der Waals surface area contributed by atoms with Crippen LogP contribution < -0.4 is 10.5 Å². The molecule has 0 atom stereocenters. The van der Waals surface area contributed by atoms with Gasteiger partial charge in [0.05, 0.1) is 5.02 Å². The van der Waals surface area contributed by atoms with E-state index in [2.05, 4.69) is 0 Å². The number of rotatable bonds is 3. The molecule has 0 heterocycles. The van der Waals surface area contributed by atoms with Gasteiger partial charge in [-0.3, -0.25) is 0 Å². The minimum Gasteiger partial charge on any atom is -0.488 e. The van der Waals surface area contributed by atoms with Crippen LogP contribution in [0.1, 0.15) is 16.7 Å². The third-order valence-electron chi connectivity index (χ3n) is 3.05. The van der Waals surface area contributed by atoms with Crippen molar-refractivity contribution in [2.24, 2.45) is 0 Å². The minimum absolute atomic E-state index is 0.0992. The van der Waals surface area contributed by atoms with E-state index in [4.69, 9.17) is 22.1 Å². The van der Waals surface area contributed by atoms with Gasteiger partial charge in [0.2, 0.25) is 0 Å². The Balaban J connectivity index is 2.24. The molecule has 2 aromatic carbocycles. The first kappa shape index (κ1) is 13.7. The van der Waals surface area contributed by atoms with Crippen LogP contribution in [0, 0.1) is 19.7 Å². The maximum atomic E-state index is 13.7. The van der Waals surface area contributed by atoms with Crippen molar-refractivity contribution in [3.63, 3.8) is 0 Å². The topological polar surface area (TPSA) is 35.2 Å². The number of hydrogen-bond donors (Lipinski definition) is 1. The molecule has 0 aliphatic carbocycles. The minimum atomic E-state index is -0.441. The summed E-state index contributed by atoms with van der Waals surface area (Å²) in [6, 6.07) is 8.57. The number of benzene rings is 2. The van der Waals surface area contributed by atoms with Gasteiger partial charge in [0.15, 0.2) is 0 Å². The molecule has 0 fully saturated rings. The summed E-state index contributed by atoms with van der Waals surface area (Å²) in [6.07, 6.45) is 0. The second-order valence-corrected chi connectivity index (χ2v) is 4.83. The summed E-state index contributed by atoms with van der Waals surface area (Å²) in [4.78, 5) is 0. The largest absolute Gasteiger partial charge is 0.488 e. The molecular formula is C15H15ClFNO. The van der Waals surface area contributed by atoms with Crippen LogP contribution in [0.15, 0.2) is 30.3 Å². The first-order valence-corrected chi connectivity index (χ1v) is 6.30. The van der Waals surface area contributed by atoms with Crippen LogP contribution in [-0.4, -0.2) is 0 Å². The molecule has 0 spiro atoms. The summed E-state index contributed by atoms with van der Waals surface area (Å²) in [7, 11) is 0. The highest BCUT2D eigenvalue weighted by Crippen LogP contribution is 2.29. The molecule has 100 valence electrons. The fourth-order valence-electron chi connectivity index (χ4n) is 1.87. The third kappa shape index (κ3) is 2.82. The van der Waals surface area contributed by atoms with Crippen LogP contribution in [0.25, 0.3) is 0 Å². The first-order valence-electron chi connectivity index (χ1n) is 5.92. The van der Waals surface area contributed by atoms with Crippen LogP contribution >= 0.6 is 11.6 Å². The molecule has 0 radical (unpaired) electrons. The van der Waals surface area contributed by atoms with E-state index in [1.165, 1.54) is 6.07 Å². The first-order chi connectivity index (χ1) is 9.00. The summed E-state index contributed by atoms with van der Waals surface area (Å²) in [5.41, 5.74) is 8.75. The Morgan fingerprint density at radius 1 is 1.21 bits per heavy atom. The van der Waals surface area contributed by atoms with Gasteiger partial charge in [-0.1, -0.05) is 29.8 Å². The zero-order chi connectivity index (χ0) is 14.0. The second kappa shape index (κ2) is 5.49. The predicted molar refractivity (Wildman–Crippen MR) is 76.1 cm³/mol.